The molecule has 0 spiro atoms. The molecule has 0 saturated heterocycles. The maximum Gasteiger partial charge on any atom is 0.330 e. The number of aryl methyl sites for hydroxylation is 1. The number of sulfonamides is 1. The number of imidazole rings is 1. The maximum atomic E-state index is 13.5. The van der Waals surface area contributed by atoms with Crippen LogP contribution >= 0.6 is 0 Å². The summed E-state index contributed by atoms with van der Waals surface area (Å²) < 4.78 is 39.3. The first kappa shape index (κ1) is 27.7. The second-order valence-electron chi connectivity index (χ2n) is 13.1. The first-order valence-corrected chi connectivity index (χ1v) is 15.2. The summed E-state index contributed by atoms with van der Waals surface area (Å²) in [4.78, 5) is 20.2. The zero-order valence-electron chi connectivity index (χ0n) is 24.1. The first-order valence-electron chi connectivity index (χ1n) is 13.7. The molecular weight excluding hydrogens is 514 g/mol. The Morgan fingerprint density at radius 1 is 1.15 bits per heavy atom. The molecule has 3 aromatic rings. The predicted molar refractivity (Wildman–Crippen MR) is 154 cm³/mol. The van der Waals surface area contributed by atoms with E-state index in [4.69, 9.17) is 9.72 Å². The molecule has 2 aliphatic rings. The Balaban J connectivity index is 1.41. The van der Waals surface area contributed by atoms with Gasteiger partial charge in [0.15, 0.2) is 5.65 Å². The minimum Gasteiger partial charge on any atom is -0.490 e. The van der Waals surface area contributed by atoms with Crippen LogP contribution in [0.2, 0.25) is 0 Å². The lowest BCUT2D eigenvalue weighted by molar-refractivity contribution is 0.170. The van der Waals surface area contributed by atoms with E-state index in [-0.39, 0.29) is 33.4 Å². The minimum atomic E-state index is -3.77. The summed E-state index contributed by atoms with van der Waals surface area (Å²) in [6.07, 6.45) is 2.39. The van der Waals surface area contributed by atoms with Crippen molar-refractivity contribution in [2.75, 3.05) is 25.1 Å². The Hall–Kier alpha value is -2.85. The molecule has 10 heteroatoms. The van der Waals surface area contributed by atoms with E-state index in [0.717, 1.165) is 36.3 Å². The summed E-state index contributed by atoms with van der Waals surface area (Å²) in [5.41, 5.74) is 2.96. The molecule has 0 radical (unpaired) electrons. The van der Waals surface area contributed by atoms with Crippen LogP contribution in [0.15, 0.2) is 40.0 Å². The lowest BCUT2D eigenvalue weighted by Crippen LogP contribution is -2.48. The van der Waals surface area contributed by atoms with E-state index in [9.17, 15) is 13.2 Å². The summed E-state index contributed by atoms with van der Waals surface area (Å²) in [5.74, 6) is 0.672. The van der Waals surface area contributed by atoms with Gasteiger partial charge in [-0.15, -0.1) is 0 Å². The van der Waals surface area contributed by atoms with E-state index >= 15 is 0 Å². The van der Waals surface area contributed by atoms with Gasteiger partial charge in [-0.05, 0) is 54.4 Å². The van der Waals surface area contributed by atoms with Crippen molar-refractivity contribution in [1.82, 2.24) is 18.8 Å². The number of hydrogen-bond donors (Lipinski definition) is 1. The van der Waals surface area contributed by atoms with Crippen LogP contribution < -0.4 is 20.0 Å². The van der Waals surface area contributed by atoms with Gasteiger partial charge in [-0.3, -0.25) is 9.13 Å². The van der Waals surface area contributed by atoms with Crippen molar-refractivity contribution in [1.29, 1.82) is 0 Å². The van der Waals surface area contributed by atoms with Gasteiger partial charge >= 0.3 is 5.69 Å². The monoisotopic (exact) mass is 555 g/mol. The molecule has 0 amide bonds. The number of pyridine rings is 1. The Kier molecular flexibility index (Phi) is 6.86. The highest BCUT2D eigenvalue weighted by Crippen LogP contribution is 2.43. The molecule has 1 N–H and O–H groups in total. The fourth-order valence-electron chi connectivity index (χ4n) is 5.82. The molecule has 3 heterocycles. The summed E-state index contributed by atoms with van der Waals surface area (Å²) in [7, 11) is -0.0274. The highest BCUT2D eigenvalue weighted by atomic mass is 32.2. The molecule has 1 saturated carbocycles. The fraction of sp³-hybridized carbons (Fsp3) is 0.586. The molecule has 39 heavy (non-hydrogen) atoms. The molecule has 2 aromatic heterocycles. The van der Waals surface area contributed by atoms with Gasteiger partial charge in [0.25, 0.3) is 0 Å². The summed E-state index contributed by atoms with van der Waals surface area (Å²) in [6, 6.07) is 8.82. The smallest absolute Gasteiger partial charge is 0.330 e. The molecule has 1 aliphatic heterocycles. The molecule has 2 unspecified atom stereocenters. The topological polar surface area (TPSA) is 98.5 Å². The van der Waals surface area contributed by atoms with E-state index in [1.165, 1.54) is 0 Å². The van der Waals surface area contributed by atoms with Gasteiger partial charge in [0.1, 0.15) is 12.4 Å². The van der Waals surface area contributed by atoms with Crippen LogP contribution in [0.5, 0.6) is 5.75 Å². The molecule has 1 aromatic carbocycles. The van der Waals surface area contributed by atoms with E-state index in [2.05, 4.69) is 44.2 Å². The van der Waals surface area contributed by atoms with Gasteiger partial charge < -0.3 is 9.64 Å². The number of aromatic nitrogens is 3. The molecule has 212 valence electrons. The molecular formula is C29H41N5O4S. The van der Waals surface area contributed by atoms with E-state index in [1.54, 1.807) is 28.3 Å². The van der Waals surface area contributed by atoms with Crippen LogP contribution in [0.1, 0.15) is 65.5 Å². The number of nitrogens with zero attached hydrogens (tertiary/aromatic N) is 4. The second-order valence-corrected chi connectivity index (χ2v) is 14.8. The average Bonchev–Trinajstić information content (AvgIpc) is 3.08. The standard InChI is InChI=1S/C29H41N5O4S/c1-28(2,3)18-34-23-11-9-21(30-26(23)33(7)27(34)35)19-12-13-29(4,5)25(16-19)31-39(36,37)20-8-10-22-24(17-20)38-15-14-32(22)6/h8-11,17,19,25,31H,12-16,18H2,1-7H3. The van der Waals surface area contributed by atoms with Crippen molar-refractivity contribution in [3.05, 3.63) is 46.5 Å². The van der Waals surface area contributed by atoms with Crippen LogP contribution in [0, 0.1) is 10.8 Å². The third-order valence-electron chi connectivity index (χ3n) is 8.29. The third-order valence-corrected chi connectivity index (χ3v) is 9.76. The molecule has 5 rings (SSSR count). The van der Waals surface area contributed by atoms with Gasteiger partial charge in [-0.1, -0.05) is 34.6 Å². The Bertz CT molecular complexity index is 1560. The molecule has 1 fully saturated rings. The molecule has 9 nitrogen and oxygen atoms in total. The van der Waals surface area contributed by atoms with Crippen LogP contribution in [0.4, 0.5) is 5.69 Å². The van der Waals surface area contributed by atoms with Crippen molar-refractivity contribution in [3.63, 3.8) is 0 Å². The summed E-state index contributed by atoms with van der Waals surface area (Å²) in [5, 5.41) is 0. The number of hydrogen-bond acceptors (Lipinski definition) is 6. The van der Waals surface area contributed by atoms with E-state index in [1.807, 2.05) is 25.2 Å². The number of anilines is 1. The lowest BCUT2D eigenvalue weighted by Gasteiger charge is -2.42. The Labute approximate surface area is 231 Å². The van der Waals surface area contributed by atoms with Crippen molar-refractivity contribution in [2.45, 2.75) is 77.3 Å². The van der Waals surface area contributed by atoms with Crippen molar-refractivity contribution in [2.24, 2.45) is 17.9 Å². The van der Waals surface area contributed by atoms with Crippen LogP contribution in [-0.2, 0) is 23.6 Å². The van der Waals surface area contributed by atoms with E-state index in [0.29, 0.717) is 31.0 Å². The number of fused-ring (bicyclic) bond motifs is 2. The first-order chi connectivity index (χ1) is 18.2. The third kappa shape index (κ3) is 5.33. The number of benzene rings is 1. The van der Waals surface area contributed by atoms with E-state index < -0.39 is 10.0 Å². The number of ether oxygens (including phenoxy) is 1. The minimum absolute atomic E-state index is 0.0454. The summed E-state index contributed by atoms with van der Waals surface area (Å²) >= 11 is 0. The van der Waals surface area contributed by atoms with Gasteiger partial charge in [-0.25, -0.2) is 22.9 Å². The van der Waals surface area contributed by atoms with Gasteiger partial charge in [0.05, 0.1) is 22.6 Å². The Morgan fingerprint density at radius 2 is 1.90 bits per heavy atom. The van der Waals surface area contributed by atoms with Gasteiger partial charge in [0.2, 0.25) is 10.0 Å². The van der Waals surface area contributed by atoms with Crippen molar-refractivity contribution in [3.8, 4) is 5.75 Å². The lowest BCUT2D eigenvalue weighted by atomic mass is 9.69. The van der Waals surface area contributed by atoms with Crippen LogP contribution in [0.3, 0.4) is 0 Å². The maximum absolute atomic E-state index is 13.5. The summed E-state index contributed by atoms with van der Waals surface area (Å²) in [6.45, 7) is 12.5. The normalized spacial score (nSPS) is 21.6. The number of rotatable bonds is 5. The Morgan fingerprint density at radius 3 is 2.62 bits per heavy atom. The fourth-order valence-corrected chi connectivity index (χ4v) is 7.26. The average molecular weight is 556 g/mol. The highest BCUT2D eigenvalue weighted by Gasteiger charge is 2.40. The SMILES string of the molecule is CN1CCOc2cc(S(=O)(=O)NC3CC(c4ccc5c(n4)n(C)c(=O)n5CC(C)(C)C)CCC3(C)C)ccc21. The predicted octanol–water partition coefficient (Wildman–Crippen LogP) is 4.25. The molecule has 2 atom stereocenters. The quantitative estimate of drug-likeness (QED) is 0.506. The molecule has 0 bridgehead atoms. The van der Waals surface area contributed by atoms with Gasteiger partial charge in [-0.2, -0.15) is 0 Å². The number of nitrogens with one attached hydrogen (secondary N) is 1. The number of likely N-dealkylation sites (N-methyl/N-ethyl adjacent to an activating group) is 1. The highest BCUT2D eigenvalue weighted by molar-refractivity contribution is 7.89. The largest absolute Gasteiger partial charge is 0.490 e. The zero-order chi connectivity index (χ0) is 28.3. The van der Waals surface area contributed by atoms with Crippen LogP contribution in [0.25, 0.3) is 11.2 Å². The molecule has 1 aliphatic carbocycles. The van der Waals surface area contributed by atoms with Crippen LogP contribution in [-0.4, -0.2) is 48.8 Å². The van der Waals surface area contributed by atoms with Crippen molar-refractivity contribution < 1.29 is 13.2 Å². The zero-order valence-corrected chi connectivity index (χ0v) is 24.9. The second kappa shape index (κ2) is 9.66. The van der Waals surface area contributed by atoms with Crippen molar-refractivity contribution >= 4 is 26.9 Å². The van der Waals surface area contributed by atoms with Gasteiger partial charge in [0, 0.05) is 44.4 Å².